The Morgan fingerprint density at radius 1 is 1.23 bits per heavy atom. The van der Waals surface area contributed by atoms with Gasteiger partial charge in [0.15, 0.2) is 5.78 Å². The van der Waals surface area contributed by atoms with Crippen molar-refractivity contribution in [3.05, 3.63) is 39.4 Å². The molecular formula is C19H23N3O3S. The number of rotatable bonds is 4. The van der Waals surface area contributed by atoms with Crippen LogP contribution in [0.15, 0.2) is 12.1 Å². The van der Waals surface area contributed by atoms with Gasteiger partial charge in [-0.05, 0) is 68.4 Å². The van der Waals surface area contributed by atoms with E-state index in [1.54, 1.807) is 18.9 Å². The minimum absolute atomic E-state index is 0.0721. The first-order valence-electron chi connectivity index (χ1n) is 8.70. The molecule has 26 heavy (non-hydrogen) atoms. The van der Waals surface area contributed by atoms with Gasteiger partial charge in [-0.25, -0.2) is 0 Å². The van der Waals surface area contributed by atoms with E-state index in [9.17, 15) is 9.59 Å². The zero-order valence-corrected chi connectivity index (χ0v) is 16.4. The number of carbonyl (C=O) groups excluding carboxylic acids is 2. The van der Waals surface area contributed by atoms with Gasteiger partial charge in [0.25, 0.3) is 5.91 Å². The predicted molar refractivity (Wildman–Crippen MR) is 100 cm³/mol. The van der Waals surface area contributed by atoms with Crippen LogP contribution in [0.3, 0.4) is 0 Å². The lowest BCUT2D eigenvalue weighted by molar-refractivity contribution is 0.0640. The minimum atomic E-state index is -0.180. The maximum absolute atomic E-state index is 13.0. The van der Waals surface area contributed by atoms with Crippen molar-refractivity contribution in [3.8, 4) is 5.75 Å². The third-order valence-electron chi connectivity index (χ3n) is 4.87. The Kier molecular flexibility index (Phi) is 5.36. The van der Waals surface area contributed by atoms with Gasteiger partial charge in [-0.3, -0.25) is 9.59 Å². The van der Waals surface area contributed by atoms with Crippen molar-refractivity contribution in [2.75, 3.05) is 20.2 Å². The van der Waals surface area contributed by atoms with E-state index in [2.05, 4.69) is 9.59 Å². The van der Waals surface area contributed by atoms with Crippen LogP contribution in [0, 0.1) is 26.7 Å². The summed E-state index contributed by atoms with van der Waals surface area (Å²) in [6.45, 7) is 6.78. The van der Waals surface area contributed by atoms with Gasteiger partial charge in [0.1, 0.15) is 10.6 Å². The molecule has 1 aliphatic rings. The van der Waals surface area contributed by atoms with Crippen LogP contribution in [0.4, 0.5) is 0 Å². The Morgan fingerprint density at radius 2 is 1.92 bits per heavy atom. The van der Waals surface area contributed by atoms with Gasteiger partial charge in [0, 0.05) is 24.6 Å². The second kappa shape index (κ2) is 7.53. The molecule has 2 aromatic rings. The number of aryl methyl sites for hydroxylation is 3. The molecule has 1 aromatic carbocycles. The SMILES string of the molecule is COc1c(C)cc(C(=O)[C@H]2CCCN(C(=O)c3snnc3C)C2)cc1C. The Balaban J connectivity index is 1.78. The van der Waals surface area contributed by atoms with Crippen molar-refractivity contribution in [1.82, 2.24) is 14.5 Å². The second-order valence-corrected chi connectivity index (χ2v) is 7.54. The molecule has 0 radical (unpaired) electrons. The molecule has 7 heteroatoms. The Labute approximate surface area is 157 Å². The summed E-state index contributed by atoms with van der Waals surface area (Å²) >= 11 is 1.11. The standard InChI is InChI=1S/C19H23N3O3S/c1-11-8-15(9-12(2)17(11)25-4)16(23)14-6-5-7-22(10-14)19(24)18-13(3)20-21-26-18/h8-9,14H,5-7,10H2,1-4H3/t14-/m0/s1. The van der Waals surface area contributed by atoms with Crippen molar-refractivity contribution in [1.29, 1.82) is 0 Å². The quantitative estimate of drug-likeness (QED) is 0.770. The monoisotopic (exact) mass is 373 g/mol. The molecule has 1 saturated heterocycles. The molecule has 2 heterocycles. The molecule has 0 spiro atoms. The van der Waals surface area contributed by atoms with E-state index in [0.29, 0.717) is 29.2 Å². The number of piperidine rings is 1. The summed E-state index contributed by atoms with van der Waals surface area (Å²) in [7, 11) is 1.64. The zero-order chi connectivity index (χ0) is 18.8. The summed E-state index contributed by atoms with van der Waals surface area (Å²) in [5, 5.41) is 3.91. The smallest absolute Gasteiger partial charge is 0.267 e. The number of aromatic nitrogens is 2. The van der Waals surface area contributed by atoms with Crippen LogP contribution < -0.4 is 4.74 Å². The molecule has 1 amide bonds. The van der Waals surface area contributed by atoms with Crippen molar-refractivity contribution in [2.45, 2.75) is 33.6 Å². The van der Waals surface area contributed by atoms with Crippen LogP contribution in [0.2, 0.25) is 0 Å². The number of ether oxygens (including phenoxy) is 1. The Bertz CT molecular complexity index is 823. The van der Waals surface area contributed by atoms with E-state index in [1.165, 1.54) is 0 Å². The van der Waals surface area contributed by atoms with Crippen molar-refractivity contribution >= 4 is 23.2 Å². The summed E-state index contributed by atoms with van der Waals surface area (Å²) in [6, 6.07) is 3.76. The number of hydrogen-bond donors (Lipinski definition) is 0. The summed E-state index contributed by atoms with van der Waals surface area (Å²) < 4.78 is 9.22. The van der Waals surface area contributed by atoms with E-state index in [-0.39, 0.29) is 17.6 Å². The molecule has 0 unspecified atom stereocenters. The van der Waals surface area contributed by atoms with Gasteiger partial charge in [0.2, 0.25) is 0 Å². The normalized spacial score (nSPS) is 17.2. The number of methoxy groups -OCH3 is 1. The summed E-state index contributed by atoms with van der Waals surface area (Å²) in [5.74, 6) is 0.656. The average Bonchev–Trinajstić information content (AvgIpc) is 3.06. The molecule has 0 aliphatic carbocycles. The van der Waals surface area contributed by atoms with Gasteiger partial charge in [-0.2, -0.15) is 0 Å². The van der Waals surface area contributed by atoms with E-state index >= 15 is 0 Å². The highest BCUT2D eigenvalue weighted by Gasteiger charge is 2.31. The van der Waals surface area contributed by atoms with Gasteiger partial charge in [0.05, 0.1) is 12.8 Å². The highest BCUT2D eigenvalue weighted by molar-refractivity contribution is 7.07. The van der Waals surface area contributed by atoms with Gasteiger partial charge < -0.3 is 9.64 Å². The number of Topliss-reactive ketones (excluding diaryl/α,β-unsaturated/α-hetero) is 1. The fraction of sp³-hybridized carbons (Fsp3) is 0.474. The van der Waals surface area contributed by atoms with Gasteiger partial charge in [-0.1, -0.05) is 4.49 Å². The number of hydrogen-bond acceptors (Lipinski definition) is 6. The van der Waals surface area contributed by atoms with E-state index in [4.69, 9.17) is 4.74 Å². The van der Waals surface area contributed by atoms with Crippen molar-refractivity contribution in [3.63, 3.8) is 0 Å². The third-order valence-corrected chi connectivity index (χ3v) is 5.69. The fourth-order valence-corrected chi connectivity index (χ4v) is 4.22. The van der Waals surface area contributed by atoms with E-state index in [0.717, 1.165) is 41.3 Å². The first-order chi connectivity index (χ1) is 12.4. The molecule has 1 atom stereocenters. The van der Waals surface area contributed by atoms with Gasteiger partial charge in [-0.15, -0.1) is 5.10 Å². The van der Waals surface area contributed by atoms with Crippen LogP contribution in [0.5, 0.6) is 5.75 Å². The molecule has 1 aromatic heterocycles. The second-order valence-electron chi connectivity index (χ2n) is 6.79. The highest BCUT2D eigenvalue weighted by Crippen LogP contribution is 2.28. The zero-order valence-electron chi connectivity index (χ0n) is 15.5. The lowest BCUT2D eigenvalue weighted by Gasteiger charge is -2.32. The molecular weight excluding hydrogens is 350 g/mol. The summed E-state index contributed by atoms with van der Waals surface area (Å²) in [5.41, 5.74) is 3.24. The van der Waals surface area contributed by atoms with Crippen LogP contribution in [0.25, 0.3) is 0 Å². The number of amides is 1. The molecule has 3 rings (SSSR count). The van der Waals surface area contributed by atoms with E-state index < -0.39 is 0 Å². The molecule has 0 saturated carbocycles. The minimum Gasteiger partial charge on any atom is -0.496 e. The van der Waals surface area contributed by atoms with Crippen LogP contribution in [0.1, 0.15) is 49.7 Å². The topological polar surface area (TPSA) is 72.4 Å². The first-order valence-corrected chi connectivity index (χ1v) is 9.47. The lowest BCUT2D eigenvalue weighted by Crippen LogP contribution is -2.42. The number of ketones is 1. The molecule has 1 aliphatic heterocycles. The van der Waals surface area contributed by atoms with Crippen LogP contribution in [-0.2, 0) is 0 Å². The Morgan fingerprint density at radius 3 is 2.50 bits per heavy atom. The number of nitrogens with zero attached hydrogens (tertiary/aromatic N) is 3. The fourth-order valence-electron chi connectivity index (χ4n) is 3.60. The molecule has 6 nitrogen and oxygen atoms in total. The summed E-state index contributed by atoms with van der Waals surface area (Å²) in [4.78, 5) is 28.1. The average molecular weight is 373 g/mol. The Hall–Kier alpha value is -2.28. The number of likely N-dealkylation sites (tertiary alicyclic amines) is 1. The van der Waals surface area contributed by atoms with Crippen molar-refractivity contribution in [2.24, 2.45) is 5.92 Å². The maximum atomic E-state index is 13.0. The van der Waals surface area contributed by atoms with E-state index in [1.807, 2.05) is 26.0 Å². The largest absolute Gasteiger partial charge is 0.496 e. The highest BCUT2D eigenvalue weighted by atomic mass is 32.1. The molecule has 0 bridgehead atoms. The third kappa shape index (κ3) is 3.49. The number of carbonyl (C=O) groups is 2. The van der Waals surface area contributed by atoms with Crippen molar-refractivity contribution < 1.29 is 14.3 Å². The summed E-state index contributed by atoms with van der Waals surface area (Å²) in [6.07, 6.45) is 1.62. The molecule has 138 valence electrons. The predicted octanol–water partition coefficient (Wildman–Crippen LogP) is 3.21. The van der Waals surface area contributed by atoms with Gasteiger partial charge >= 0.3 is 0 Å². The number of benzene rings is 1. The molecule has 0 N–H and O–H groups in total. The van der Waals surface area contributed by atoms with Crippen LogP contribution in [-0.4, -0.2) is 46.4 Å². The lowest BCUT2D eigenvalue weighted by atomic mass is 9.88. The first kappa shape index (κ1) is 18.5. The molecule has 1 fully saturated rings. The van der Waals surface area contributed by atoms with Crippen LogP contribution >= 0.6 is 11.5 Å². The maximum Gasteiger partial charge on any atom is 0.267 e.